The highest BCUT2D eigenvalue weighted by Gasteiger charge is 2.29. The molecule has 0 saturated carbocycles. The van der Waals surface area contributed by atoms with E-state index in [1.807, 2.05) is 0 Å². The minimum Gasteiger partial charge on any atom is -0.481 e. The molecule has 2 rings (SSSR count). The first kappa shape index (κ1) is 21.4. The molecule has 8 heteroatoms. The van der Waals surface area contributed by atoms with Crippen LogP contribution in [0.1, 0.15) is 45.4 Å². The average molecular weight is 356 g/mol. The molecule has 2 unspecified atom stereocenters. The molecule has 0 aromatic carbocycles. The summed E-state index contributed by atoms with van der Waals surface area (Å²) in [5.74, 6) is -0.487. The molecule has 8 nitrogen and oxygen atoms in total. The molecule has 0 aromatic heterocycles. The normalized spacial score (nSPS) is 23.9. The van der Waals surface area contributed by atoms with Crippen molar-refractivity contribution < 1.29 is 19.5 Å². The van der Waals surface area contributed by atoms with Crippen LogP contribution >= 0.6 is 0 Å². The van der Waals surface area contributed by atoms with Gasteiger partial charge in [-0.25, -0.2) is 0 Å². The number of piperidine rings is 2. The first-order chi connectivity index (χ1) is 11.9. The number of carbonyl (C=O) groups is 3. The predicted octanol–water partition coefficient (Wildman–Crippen LogP) is -0.173. The van der Waals surface area contributed by atoms with Gasteiger partial charge in [0.05, 0.1) is 6.04 Å². The molecule has 25 heavy (non-hydrogen) atoms. The first-order valence-corrected chi connectivity index (χ1v) is 9.17. The SMILES string of the molecule is CCC(=O)O.NC(=O)C1CCNC(C(=O)NCCC2CCNCC2)C1. The van der Waals surface area contributed by atoms with Gasteiger partial charge in [-0.15, -0.1) is 0 Å². The van der Waals surface area contributed by atoms with Crippen LogP contribution in [0.2, 0.25) is 0 Å². The zero-order valence-corrected chi connectivity index (χ0v) is 15.1. The third kappa shape index (κ3) is 8.83. The summed E-state index contributed by atoms with van der Waals surface area (Å²) in [5.41, 5.74) is 5.32. The first-order valence-electron chi connectivity index (χ1n) is 9.17. The molecule has 2 saturated heterocycles. The number of aliphatic carboxylic acids is 1. The van der Waals surface area contributed by atoms with E-state index in [4.69, 9.17) is 10.8 Å². The van der Waals surface area contributed by atoms with Gasteiger partial charge in [0.1, 0.15) is 0 Å². The Morgan fingerprint density at radius 1 is 1.16 bits per heavy atom. The third-order valence-electron chi connectivity index (χ3n) is 4.74. The Hall–Kier alpha value is -1.67. The minimum absolute atomic E-state index is 0.00452. The second-order valence-corrected chi connectivity index (χ2v) is 6.65. The van der Waals surface area contributed by atoms with E-state index in [9.17, 15) is 14.4 Å². The topological polar surface area (TPSA) is 134 Å². The van der Waals surface area contributed by atoms with Crippen LogP contribution in [-0.4, -0.2) is 55.1 Å². The molecule has 6 N–H and O–H groups in total. The van der Waals surface area contributed by atoms with Crippen molar-refractivity contribution in [2.24, 2.45) is 17.6 Å². The molecule has 0 spiro atoms. The lowest BCUT2D eigenvalue weighted by molar-refractivity contribution is -0.136. The van der Waals surface area contributed by atoms with E-state index in [2.05, 4.69) is 16.0 Å². The Morgan fingerprint density at radius 3 is 2.36 bits per heavy atom. The number of rotatable bonds is 6. The fourth-order valence-corrected chi connectivity index (χ4v) is 3.07. The molecule has 144 valence electrons. The van der Waals surface area contributed by atoms with Crippen LogP contribution in [0, 0.1) is 11.8 Å². The Balaban J connectivity index is 0.000000550. The maximum atomic E-state index is 12.1. The average Bonchev–Trinajstić information content (AvgIpc) is 2.63. The van der Waals surface area contributed by atoms with Crippen LogP contribution < -0.4 is 21.7 Å². The third-order valence-corrected chi connectivity index (χ3v) is 4.74. The standard InChI is InChI=1S/C14H26N4O2.C3H6O2/c15-13(19)11-4-8-17-12(9-11)14(20)18-7-3-10-1-5-16-6-2-10;1-2-3(4)5/h10-12,16-17H,1-9H2,(H2,15,19)(H,18,20);2H2,1H3,(H,4,5). The molecule has 0 bridgehead atoms. The lowest BCUT2D eigenvalue weighted by atomic mass is 9.91. The Morgan fingerprint density at radius 2 is 1.80 bits per heavy atom. The smallest absolute Gasteiger partial charge is 0.303 e. The van der Waals surface area contributed by atoms with Gasteiger partial charge in [-0.2, -0.15) is 0 Å². The summed E-state index contributed by atoms with van der Waals surface area (Å²) in [6.07, 6.45) is 4.91. The van der Waals surface area contributed by atoms with Crippen LogP contribution in [0.3, 0.4) is 0 Å². The number of nitrogens with two attached hydrogens (primary N) is 1. The number of carboxylic acids is 1. The molecule has 2 atom stereocenters. The van der Waals surface area contributed by atoms with Crippen molar-refractivity contribution in [3.05, 3.63) is 0 Å². The molecule has 0 aromatic rings. The van der Waals surface area contributed by atoms with E-state index in [1.54, 1.807) is 6.92 Å². The number of primary amides is 1. The van der Waals surface area contributed by atoms with Gasteiger partial charge in [0.25, 0.3) is 0 Å². The van der Waals surface area contributed by atoms with E-state index < -0.39 is 5.97 Å². The van der Waals surface area contributed by atoms with Gasteiger partial charge in [-0.05, 0) is 57.7 Å². The van der Waals surface area contributed by atoms with Gasteiger partial charge >= 0.3 is 5.97 Å². The Kier molecular flexibility index (Phi) is 10.1. The quantitative estimate of drug-likeness (QED) is 0.448. The molecule has 2 amide bonds. The predicted molar refractivity (Wildman–Crippen MR) is 94.9 cm³/mol. The molecular weight excluding hydrogens is 324 g/mol. The second kappa shape index (κ2) is 11.8. The molecular formula is C17H32N4O4. The highest BCUT2D eigenvalue weighted by Crippen LogP contribution is 2.17. The molecule has 2 heterocycles. The monoisotopic (exact) mass is 356 g/mol. The van der Waals surface area contributed by atoms with Gasteiger partial charge < -0.3 is 26.8 Å². The highest BCUT2D eigenvalue weighted by atomic mass is 16.4. The van der Waals surface area contributed by atoms with E-state index in [1.165, 1.54) is 12.8 Å². The maximum absolute atomic E-state index is 12.1. The van der Waals surface area contributed by atoms with Crippen molar-refractivity contribution in [3.8, 4) is 0 Å². The van der Waals surface area contributed by atoms with Crippen LogP contribution in [0.4, 0.5) is 0 Å². The molecule has 2 aliphatic rings. The Bertz CT molecular complexity index is 438. The largest absolute Gasteiger partial charge is 0.481 e. The lowest BCUT2D eigenvalue weighted by Crippen LogP contribution is -2.50. The summed E-state index contributed by atoms with van der Waals surface area (Å²) in [5, 5.41) is 17.2. The van der Waals surface area contributed by atoms with Crippen molar-refractivity contribution in [3.63, 3.8) is 0 Å². The van der Waals surface area contributed by atoms with Crippen LogP contribution in [0.15, 0.2) is 0 Å². The lowest BCUT2D eigenvalue weighted by Gasteiger charge is -2.28. The maximum Gasteiger partial charge on any atom is 0.303 e. The number of nitrogens with one attached hydrogen (secondary N) is 3. The van der Waals surface area contributed by atoms with Gasteiger partial charge in [0.2, 0.25) is 11.8 Å². The summed E-state index contributed by atoms with van der Waals surface area (Å²) in [6, 6.07) is -0.269. The summed E-state index contributed by atoms with van der Waals surface area (Å²) in [4.78, 5) is 32.6. The number of amides is 2. The molecule has 0 radical (unpaired) electrons. The van der Waals surface area contributed by atoms with Crippen molar-refractivity contribution in [1.82, 2.24) is 16.0 Å². The zero-order chi connectivity index (χ0) is 18.7. The summed E-state index contributed by atoms with van der Waals surface area (Å²) >= 11 is 0. The second-order valence-electron chi connectivity index (χ2n) is 6.65. The number of hydrogen-bond acceptors (Lipinski definition) is 5. The number of hydrogen-bond donors (Lipinski definition) is 5. The molecule has 2 aliphatic heterocycles. The van der Waals surface area contributed by atoms with E-state index in [0.29, 0.717) is 18.9 Å². The van der Waals surface area contributed by atoms with Gasteiger partial charge in [0.15, 0.2) is 0 Å². The van der Waals surface area contributed by atoms with Gasteiger partial charge in [0, 0.05) is 18.9 Å². The van der Waals surface area contributed by atoms with Gasteiger partial charge in [-0.3, -0.25) is 14.4 Å². The Labute approximate surface area is 149 Å². The highest BCUT2D eigenvalue weighted by molar-refractivity contribution is 5.84. The minimum atomic E-state index is -0.745. The number of carboxylic acid groups (broad SMARTS) is 1. The fraction of sp³-hybridized carbons (Fsp3) is 0.824. The van der Waals surface area contributed by atoms with Crippen LogP contribution in [0.5, 0.6) is 0 Å². The van der Waals surface area contributed by atoms with Gasteiger partial charge in [-0.1, -0.05) is 6.92 Å². The molecule has 0 aliphatic carbocycles. The summed E-state index contributed by atoms with van der Waals surface area (Å²) in [7, 11) is 0. The van der Waals surface area contributed by atoms with Crippen molar-refractivity contribution >= 4 is 17.8 Å². The van der Waals surface area contributed by atoms with Crippen LogP contribution in [0.25, 0.3) is 0 Å². The molecule has 2 fully saturated rings. The van der Waals surface area contributed by atoms with E-state index in [0.717, 1.165) is 32.5 Å². The number of carbonyl (C=O) groups excluding carboxylic acids is 2. The van der Waals surface area contributed by atoms with Crippen molar-refractivity contribution in [2.75, 3.05) is 26.2 Å². The van der Waals surface area contributed by atoms with Crippen molar-refractivity contribution in [1.29, 1.82) is 0 Å². The van der Waals surface area contributed by atoms with Crippen LogP contribution in [-0.2, 0) is 14.4 Å². The zero-order valence-electron chi connectivity index (χ0n) is 15.1. The van der Waals surface area contributed by atoms with Crippen molar-refractivity contribution in [2.45, 2.75) is 51.5 Å². The van der Waals surface area contributed by atoms with E-state index >= 15 is 0 Å². The van der Waals surface area contributed by atoms with E-state index in [-0.39, 0.29) is 30.2 Å². The summed E-state index contributed by atoms with van der Waals surface area (Å²) < 4.78 is 0. The fourth-order valence-electron chi connectivity index (χ4n) is 3.07. The summed E-state index contributed by atoms with van der Waals surface area (Å²) in [6.45, 7) is 5.18.